The molecule has 0 aromatic carbocycles. The molecule has 2 heterocycles. The highest BCUT2D eigenvalue weighted by atomic mass is 79.9. The normalized spacial score (nSPS) is 11.2. The third-order valence-corrected chi connectivity index (χ3v) is 4.85. The molecule has 0 radical (unpaired) electrons. The zero-order valence-corrected chi connectivity index (χ0v) is 13.6. The van der Waals surface area contributed by atoms with Gasteiger partial charge in [-0.15, -0.1) is 10.2 Å². The Kier molecular flexibility index (Phi) is 4.51. The molecule has 0 aliphatic rings. The number of thioether (sulfide) groups is 1. The number of nitrogens with zero attached hydrogens (tertiary/aromatic N) is 5. The predicted octanol–water partition coefficient (Wildman–Crippen LogP) is 2.23. The van der Waals surface area contributed by atoms with Crippen molar-refractivity contribution in [3.8, 4) is 0 Å². The lowest BCUT2D eigenvalue weighted by atomic mass is 10.3. The fraction of sp³-hybridized carbons (Fsp3) is 0.545. The Bertz CT molecular complexity index is 576. The van der Waals surface area contributed by atoms with Crippen molar-refractivity contribution < 1.29 is 0 Å². The molecule has 0 saturated carbocycles. The molecule has 0 fully saturated rings. The van der Waals surface area contributed by atoms with Crippen molar-refractivity contribution in [3.63, 3.8) is 0 Å². The van der Waals surface area contributed by atoms with Crippen molar-refractivity contribution >= 4 is 33.6 Å². The van der Waals surface area contributed by atoms with E-state index in [4.69, 9.17) is 5.73 Å². The second kappa shape index (κ2) is 5.96. The van der Waals surface area contributed by atoms with Crippen LogP contribution in [-0.2, 0) is 25.8 Å². The van der Waals surface area contributed by atoms with Crippen LogP contribution in [-0.4, -0.2) is 24.5 Å². The maximum Gasteiger partial charge on any atom is 0.222 e. The summed E-state index contributed by atoms with van der Waals surface area (Å²) < 4.78 is 4.90. The molecule has 2 N–H and O–H groups in total. The summed E-state index contributed by atoms with van der Waals surface area (Å²) >= 11 is 5.24. The van der Waals surface area contributed by atoms with Gasteiger partial charge in [-0.25, -0.2) is 0 Å². The van der Waals surface area contributed by atoms with Crippen LogP contribution < -0.4 is 5.73 Å². The van der Waals surface area contributed by atoms with E-state index in [9.17, 15) is 0 Å². The van der Waals surface area contributed by atoms with Gasteiger partial charge in [-0.05, 0) is 29.3 Å². The molecule has 8 heteroatoms. The maximum absolute atomic E-state index is 5.67. The van der Waals surface area contributed by atoms with Crippen LogP contribution in [0.5, 0.6) is 0 Å². The van der Waals surface area contributed by atoms with Crippen LogP contribution in [0.2, 0.25) is 0 Å². The average molecular weight is 345 g/mol. The van der Waals surface area contributed by atoms with Crippen molar-refractivity contribution in [1.82, 2.24) is 24.5 Å². The highest BCUT2D eigenvalue weighted by Gasteiger charge is 2.15. The van der Waals surface area contributed by atoms with E-state index in [1.165, 1.54) is 5.69 Å². The Hall–Kier alpha value is -1.02. The van der Waals surface area contributed by atoms with Crippen molar-refractivity contribution in [2.24, 2.45) is 7.05 Å². The van der Waals surface area contributed by atoms with Crippen molar-refractivity contribution in [2.75, 3.05) is 5.73 Å². The SMILES string of the molecule is CCc1nn(CC)c(CSc2nnc(N)n2C)c1Br. The Balaban J connectivity index is 2.19. The van der Waals surface area contributed by atoms with Gasteiger partial charge in [0.25, 0.3) is 0 Å². The summed E-state index contributed by atoms with van der Waals surface area (Å²) in [7, 11) is 1.86. The van der Waals surface area contributed by atoms with E-state index in [1.807, 2.05) is 11.7 Å². The van der Waals surface area contributed by atoms with Gasteiger partial charge in [0.05, 0.1) is 15.9 Å². The van der Waals surface area contributed by atoms with Gasteiger partial charge in [0, 0.05) is 19.3 Å². The summed E-state index contributed by atoms with van der Waals surface area (Å²) in [6.45, 7) is 5.05. The zero-order chi connectivity index (χ0) is 14.0. The van der Waals surface area contributed by atoms with Gasteiger partial charge in [-0.3, -0.25) is 9.25 Å². The molecule has 0 aliphatic carbocycles. The minimum Gasteiger partial charge on any atom is -0.368 e. The van der Waals surface area contributed by atoms with E-state index in [0.717, 1.165) is 34.0 Å². The number of nitrogens with two attached hydrogens (primary N) is 1. The topological polar surface area (TPSA) is 74.6 Å². The van der Waals surface area contributed by atoms with Crippen LogP contribution in [0.3, 0.4) is 0 Å². The first-order valence-corrected chi connectivity index (χ1v) is 7.88. The van der Waals surface area contributed by atoms with Crippen LogP contribution in [0.4, 0.5) is 5.95 Å². The van der Waals surface area contributed by atoms with E-state index in [2.05, 4.69) is 45.1 Å². The van der Waals surface area contributed by atoms with E-state index in [1.54, 1.807) is 16.3 Å². The molecule has 6 nitrogen and oxygen atoms in total. The first-order valence-electron chi connectivity index (χ1n) is 6.10. The fourth-order valence-electron chi connectivity index (χ4n) is 1.74. The smallest absolute Gasteiger partial charge is 0.222 e. The lowest BCUT2D eigenvalue weighted by Crippen LogP contribution is -2.03. The van der Waals surface area contributed by atoms with Gasteiger partial charge in [-0.1, -0.05) is 18.7 Å². The number of nitrogen functional groups attached to an aromatic ring is 1. The van der Waals surface area contributed by atoms with Crippen molar-refractivity contribution in [2.45, 2.75) is 37.7 Å². The van der Waals surface area contributed by atoms with Crippen molar-refractivity contribution in [1.29, 1.82) is 0 Å². The largest absolute Gasteiger partial charge is 0.368 e. The van der Waals surface area contributed by atoms with Gasteiger partial charge in [0.15, 0.2) is 5.16 Å². The lowest BCUT2D eigenvalue weighted by molar-refractivity contribution is 0.627. The van der Waals surface area contributed by atoms with Crippen LogP contribution in [0.1, 0.15) is 25.2 Å². The second-order valence-corrected chi connectivity index (χ2v) is 5.80. The van der Waals surface area contributed by atoms with E-state index < -0.39 is 0 Å². The summed E-state index contributed by atoms with van der Waals surface area (Å²) in [6, 6.07) is 0. The zero-order valence-electron chi connectivity index (χ0n) is 11.2. The summed E-state index contributed by atoms with van der Waals surface area (Å²) in [5, 5.41) is 13.3. The predicted molar refractivity (Wildman–Crippen MR) is 80.0 cm³/mol. The molecule has 2 aromatic rings. The molecule has 0 saturated heterocycles. The number of aryl methyl sites for hydroxylation is 2. The first kappa shape index (κ1) is 14.4. The number of rotatable bonds is 5. The Morgan fingerprint density at radius 2 is 2.05 bits per heavy atom. The fourth-order valence-corrected chi connectivity index (χ4v) is 3.57. The van der Waals surface area contributed by atoms with E-state index in [-0.39, 0.29) is 0 Å². The quantitative estimate of drug-likeness (QED) is 0.841. The van der Waals surface area contributed by atoms with Crippen LogP contribution in [0.25, 0.3) is 0 Å². The highest BCUT2D eigenvalue weighted by Crippen LogP contribution is 2.29. The molecular weight excluding hydrogens is 328 g/mol. The third kappa shape index (κ3) is 2.79. The molecule has 0 unspecified atom stereocenters. The molecular formula is C11H17BrN6S. The molecule has 2 rings (SSSR count). The van der Waals surface area contributed by atoms with Gasteiger partial charge in [0.1, 0.15) is 0 Å². The average Bonchev–Trinajstić information content (AvgIpc) is 2.89. The Morgan fingerprint density at radius 1 is 1.32 bits per heavy atom. The van der Waals surface area contributed by atoms with Gasteiger partial charge in [-0.2, -0.15) is 5.10 Å². The number of aromatic nitrogens is 5. The number of hydrogen-bond donors (Lipinski definition) is 1. The summed E-state index contributed by atoms with van der Waals surface area (Å²) in [6.07, 6.45) is 0.919. The van der Waals surface area contributed by atoms with Crippen LogP contribution >= 0.6 is 27.7 Å². The van der Waals surface area contributed by atoms with Crippen LogP contribution in [0.15, 0.2) is 9.63 Å². The highest BCUT2D eigenvalue weighted by molar-refractivity contribution is 9.10. The number of halogens is 1. The molecule has 2 aromatic heterocycles. The summed E-state index contributed by atoms with van der Waals surface area (Å²) in [4.78, 5) is 0. The number of anilines is 1. The second-order valence-electron chi connectivity index (χ2n) is 4.07. The molecule has 0 amide bonds. The van der Waals surface area contributed by atoms with E-state index in [0.29, 0.717) is 5.95 Å². The maximum atomic E-state index is 5.67. The Morgan fingerprint density at radius 3 is 2.58 bits per heavy atom. The molecule has 0 aliphatic heterocycles. The number of hydrogen-bond acceptors (Lipinski definition) is 5. The van der Waals surface area contributed by atoms with Crippen molar-refractivity contribution in [3.05, 3.63) is 15.9 Å². The molecule has 19 heavy (non-hydrogen) atoms. The minimum absolute atomic E-state index is 0.430. The summed E-state index contributed by atoms with van der Waals surface area (Å²) in [5.74, 6) is 1.22. The lowest BCUT2D eigenvalue weighted by Gasteiger charge is -2.05. The molecule has 0 atom stereocenters. The minimum atomic E-state index is 0.430. The molecule has 104 valence electrons. The van der Waals surface area contributed by atoms with E-state index >= 15 is 0 Å². The third-order valence-electron chi connectivity index (χ3n) is 2.90. The first-order chi connectivity index (χ1) is 9.08. The Labute approximate surface area is 124 Å². The van der Waals surface area contributed by atoms with Crippen LogP contribution in [0, 0.1) is 0 Å². The molecule has 0 spiro atoms. The monoisotopic (exact) mass is 344 g/mol. The molecule has 0 bridgehead atoms. The van der Waals surface area contributed by atoms with Gasteiger partial charge < -0.3 is 5.73 Å². The van der Waals surface area contributed by atoms with Gasteiger partial charge >= 0.3 is 0 Å². The van der Waals surface area contributed by atoms with Gasteiger partial charge in [0.2, 0.25) is 5.95 Å². The standard InChI is InChI=1S/C11H17BrN6S/c1-4-7-9(12)8(18(5-2)16-7)6-19-11-15-14-10(13)17(11)3/h4-6H2,1-3H3,(H2,13,14). The summed E-state index contributed by atoms with van der Waals surface area (Å²) in [5.41, 5.74) is 7.94.